The van der Waals surface area contributed by atoms with Crippen LogP contribution in [0, 0.1) is 11.3 Å². The number of hydrogen-bond donors (Lipinski definition) is 1. The molecule has 160 valence electrons. The van der Waals surface area contributed by atoms with Crippen LogP contribution in [-0.4, -0.2) is 20.2 Å². The Morgan fingerprint density at radius 2 is 1.97 bits per heavy atom. The van der Waals surface area contributed by atoms with Gasteiger partial charge in [-0.05, 0) is 36.8 Å². The van der Waals surface area contributed by atoms with Crippen LogP contribution in [0.15, 0.2) is 65.3 Å². The van der Waals surface area contributed by atoms with Gasteiger partial charge in [0.25, 0.3) is 0 Å². The van der Waals surface area contributed by atoms with Gasteiger partial charge < -0.3 is 24.7 Å². The van der Waals surface area contributed by atoms with Crippen molar-refractivity contribution < 1.29 is 23.7 Å². The fourth-order valence-electron chi connectivity index (χ4n) is 3.40. The molecule has 2 aromatic carbocycles. The molecule has 2 aromatic rings. The zero-order valence-corrected chi connectivity index (χ0v) is 18.0. The number of rotatable bonds is 6. The second kappa shape index (κ2) is 9.45. The molecule has 0 aliphatic carbocycles. The van der Waals surface area contributed by atoms with Gasteiger partial charge in [0.15, 0.2) is 0 Å². The molecular formula is C23H21ClN2O5. The summed E-state index contributed by atoms with van der Waals surface area (Å²) in [4.78, 5) is 12.5. The molecule has 0 spiro atoms. The molecule has 0 unspecified atom stereocenters. The van der Waals surface area contributed by atoms with Crippen LogP contribution in [0.3, 0.4) is 0 Å². The molecule has 0 fully saturated rings. The van der Waals surface area contributed by atoms with E-state index in [1.165, 1.54) is 7.11 Å². The van der Waals surface area contributed by atoms with Crippen molar-refractivity contribution in [1.29, 1.82) is 5.26 Å². The summed E-state index contributed by atoms with van der Waals surface area (Å²) in [6.07, 6.45) is 0. The summed E-state index contributed by atoms with van der Waals surface area (Å²) in [6, 6.07) is 14.5. The largest absolute Gasteiger partial charge is 0.496 e. The molecule has 3 rings (SSSR count). The molecule has 7 nitrogen and oxygen atoms in total. The van der Waals surface area contributed by atoms with E-state index in [-0.39, 0.29) is 29.4 Å². The molecule has 0 amide bonds. The minimum Gasteiger partial charge on any atom is -0.496 e. The first kappa shape index (κ1) is 22.1. The van der Waals surface area contributed by atoms with E-state index in [0.717, 1.165) is 0 Å². The summed E-state index contributed by atoms with van der Waals surface area (Å²) in [7, 11) is 2.81. The maximum absolute atomic E-state index is 12.5. The Labute approximate surface area is 185 Å². The minimum atomic E-state index is -0.754. The molecule has 1 aliphatic heterocycles. The number of carbonyl (C=O) groups excluding carboxylic acids is 1. The van der Waals surface area contributed by atoms with E-state index in [4.69, 9.17) is 36.3 Å². The molecular weight excluding hydrogens is 420 g/mol. The fraction of sp³-hybridized carbons (Fsp3) is 0.217. The lowest BCUT2D eigenvalue weighted by molar-refractivity contribution is -0.136. The predicted molar refractivity (Wildman–Crippen MR) is 114 cm³/mol. The molecule has 0 radical (unpaired) electrons. The fourth-order valence-corrected chi connectivity index (χ4v) is 3.59. The van der Waals surface area contributed by atoms with Crippen molar-refractivity contribution in [1.82, 2.24) is 0 Å². The maximum Gasteiger partial charge on any atom is 0.338 e. The average Bonchev–Trinajstić information content (AvgIpc) is 2.77. The lowest BCUT2D eigenvalue weighted by atomic mass is 9.82. The van der Waals surface area contributed by atoms with Gasteiger partial charge in [0.1, 0.15) is 35.5 Å². The molecule has 8 heteroatoms. The molecule has 1 atom stereocenters. The van der Waals surface area contributed by atoms with Crippen LogP contribution >= 0.6 is 11.6 Å². The first-order chi connectivity index (χ1) is 14.9. The number of ether oxygens (including phenoxy) is 4. The Balaban J connectivity index is 2.05. The molecule has 31 heavy (non-hydrogen) atoms. The summed E-state index contributed by atoms with van der Waals surface area (Å²) < 4.78 is 21.7. The molecule has 0 aromatic heterocycles. The Hall–Kier alpha value is -3.63. The van der Waals surface area contributed by atoms with Crippen molar-refractivity contribution in [3.05, 3.63) is 81.4 Å². The molecule has 2 N–H and O–H groups in total. The number of allylic oxidation sites excluding steroid dienone is 2. The van der Waals surface area contributed by atoms with Crippen LogP contribution in [-0.2, 0) is 20.9 Å². The summed E-state index contributed by atoms with van der Waals surface area (Å²) in [5.74, 6) is -0.0295. The van der Waals surface area contributed by atoms with Gasteiger partial charge in [-0.3, -0.25) is 0 Å². The molecule has 0 saturated heterocycles. The van der Waals surface area contributed by atoms with E-state index >= 15 is 0 Å². The molecule has 0 bridgehead atoms. The van der Waals surface area contributed by atoms with Crippen molar-refractivity contribution in [3.63, 3.8) is 0 Å². The van der Waals surface area contributed by atoms with E-state index < -0.39 is 11.9 Å². The standard InChI is InChI=1S/C23H21ClN2O5/c1-13-20(23(27)29-3)21(16(11-25)22(26)31-13)14-8-9-18(28-2)15(10-14)12-30-19-7-5-4-6-17(19)24/h4-10,21H,12,26H2,1-3H3/t21-/m0/s1. The second-order valence-electron chi connectivity index (χ2n) is 6.68. The number of nitrogens with zero attached hydrogens (tertiary/aromatic N) is 1. The highest BCUT2D eigenvalue weighted by molar-refractivity contribution is 6.32. The summed E-state index contributed by atoms with van der Waals surface area (Å²) in [6.45, 7) is 1.76. The highest BCUT2D eigenvalue weighted by Crippen LogP contribution is 2.40. The molecule has 1 aliphatic rings. The topological polar surface area (TPSA) is 104 Å². The normalized spacial score (nSPS) is 15.8. The van der Waals surface area contributed by atoms with Crippen LogP contribution in [0.5, 0.6) is 11.5 Å². The van der Waals surface area contributed by atoms with E-state index in [9.17, 15) is 10.1 Å². The van der Waals surface area contributed by atoms with Gasteiger partial charge in [-0.1, -0.05) is 29.8 Å². The Kier molecular flexibility index (Phi) is 6.73. The van der Waals surface area contributed by atoms with Crippen LogP contribution in [0.4, 0.5) is 0 Å². The SMILES string of the molecule is COC(=O)C1=C(C)OC(N)=C(C#N)[C@@H]1c1ccc(OC)c(COc2ccccc2Cl)c1. The second-order valence-corrected chi connectivity index (χ2v) is 7.08. The van der Waals surface area contributed by atoms with Gasteiger partial charge in [0.2, 0.25) is 5.88 Å². The first-order valence-electron chi connectivity index (χ1n) is 9.32. The molecule has 0 saturated carbocycles. The number of nitrogens with two attached hydrogens (primary N) is 1. The number of halogens is 1. The quantitative estimate of drug-likeness (QED) is 0.672. The first-order valence-corrected chi connectivity index (χ1v) is 9.69. The number of para-hydroxylation sites is 1. The van der Waals surface area contributed by atoms with Gasteiger partial charge in [-0.2, -0.15) is 5.26 Å². The number of benzene rings is 2. The summed E-state index contributed by atoms with van der Waals surface area (Å²) in [5.41, 5.74) is 7.60. The third kappa shape index (κ3) is 4.44. The third-order valence-corrected chi connectivity index (χ3v) is 5.18. The predicted octanol–water partition coefficient (Wildman–Crippen LogP) is 4.18. The number of hydrogen-bond acceptors (Lipinski definition) is 7. The highest BCUT2D eigenvalue weighted by atomic mass is 35.5. The zero-order valence-electron chi connectivity index (χ0n) is 17.3. The van der Waals surface area contributed by atoms with Crippen molar-refractivity contribution in [2.24, 2.45) is 5.73 Å². The number of carbonyl (C=O) groups is 1. The van der Waals surface area contributed by atoms with E-state index in [2.05, 4.69) is 6.07 Å². The van der Waals surface area contributed by atoms with E-state index in [1.807, 2.05) is 12.1 Å². The smallest absolute Gasteiger partial charge is 0.338 e. The maximum atomic E-state index is 12.5. The zero-order chi connectivity index (χ0) is 22.5. The number of nitriles is 1. The van der Waals surface area contributed by atoms with Gasteiger partial charge in [-0.15, -0.1) is 0 Å². The molecule has 1 heterocycles. The van der Waals surface area contributed by atoms with Crippen LogP contribution in [0.1, 0.15) is 24.0 Å². The van der Waals surface area contributed by atoms with Gasteiger partial charge in [-0.25, -0.2) is 4.79 Å². The van der Waals surface area contributed by atoms with E-state index in [1.54, 1.807) is 44.4 Å². The van der Waals surface area contributed by atoms with Crippen molar-refractivity contribution in [2.75, 3.05) is 14.2 Å². The summed E-state index contributed by atoms with van der Waals surface area (Å²) in [5, 5.41) is 10.2. The monoisotopic (exact) mass is 440 g/mol. The van der Waals surface area contributed by atoms with E-state index in [0.29, 0.717) is 27.6 Å². The van der Waals surface area contributed by atoms with Gasteiger partial charge in [0.05, 0.1) is 30.7 Å². The summed E-state index contributed by atoms with van der Waals surface area (Å²) >= 11 is 6.17. The van der Waals surface area contributed by atoms with Gasteiger partial charge in [0, 0.05) is 5.56 Å². The lowest BCUT2D eigenvalue weighted by Gasteiger charge is -2.27. The lowest BCUT2D eigenvalue weighted by Crippen LogP contribution is -2.25. The van der Waals surface area contributed by atoms with Crippen molar-refractivity contribution >= 4 is 17.6 Å². The Morgan fingerprint density at radius 1 is 1.23 bits per heavy atom. The van der Waals surface area contributed by atoms with Gasteiger partial charge >= 0.3 is 5.97 Å². The Bertz CT molecular complexity index is 1120. The van der Waals surface area contributed by atoms with Crippen LogP contribution in [0.25, 0.3) is 0 Å². The van der Waals surface area contributed by atoms with Crippen molar-refractivity contribution in [3.8, 4) is 17.6 Å². The highest BCUT2D eigenvalue weighted by Gasteiger charge is 2.36. The van der Waals surface area contributed by atoms with Crippen LogP contribution in [0.2, 0.25) is 5.02 Å². The number of methoxy groups -OCH3 is 2. The minimum absolute atomic E-state index is 0.0534. The average molecular weight is 441 g/mol. The van der Waals surface area contributed by atoms with Crippen LogP contribution < -0.4 is 15.2 Å². The third-order valence-electron chi connectivity index (χ3n) is 4.87. The van der Waals surface area contributed by atoms with Crippen molar-refractivity contribution in [2.45, 2.75) is 19.4 Å². The Morgan fingerprint density at radius 3 is 2.61 bits per heavy atom. The number of esters is 1.